The highest BCUT2D eigenvalue weighted by Crippen LogP contribution is 2.30. The number of aromatic nitrogens is 1. The van der Waals surface area contributed by atoms with Gasteiger partial charge in [0.1, 0.15) is 0 Å². The highest BCUT2D eigenvalue weighted by Gasteiger charge is 2.33. The number of halogens is 4. The molecule has 1 aromatic rings. The lowest BCUT2D eigenvalue weighted by molar-refractivity contribution is -0.140. The number of thiazole rings is 1. The monoisotopic (exact) mass is 505 g/mol. The molecule has 0 aliphatic heterocycles. The molecule has 0 bridgehead atoms. The lowest BCUT2D eigenvalue weighted by Gasteiger charge is -2.23. The third-order valence-corrected chi connectivity index (χ3v) is 5.06. The van der Waals surface area contributed by atoms with Crippen molar-refractivity contribution in [1.82, 2.24) is 20.5 Å². The van der Waals surface area contributed by atoms with Crippen molar-refractivity contribution in [3.05, 3.63) is 16.1 Å². The zero-order valence-corrected chi connectivity index (χ0v) is 18.4. The molecule has 1 aromatic heterocycles. The molecule has 1 saturated carbocycles. The Kier molecular flexibility index (Phi) is 9.59. The molecule has 10 heteroatoms. The predicted molar refractivity (Wildman–Crippen MR) is 110 cm³/mol. The number of aliphatic imine (C=N–C) groups is 1. The quantitative estimate of drug-likeness (QED) is 0.323. The first-order valence-corrected chi connectivity index (χ1v) is 9.45. The van der Waals surface area contributed by atoms with E-state index in [-0.39, 0.29) is 24.0 Å². The van der Waals surface area contributed by atoms with E-state index in [0.29, 0.717) is 42.6 Å². The Morgan fingerprint density at radius 1 is 1.42 bits per heavy atom. The zero-order chi connectivity index (χ0) is 18.4. The molecule has 0 spiro atoms. The van der Waals surface area contributed by atoms with Crippen LogP contribution in [0.2, 0.25) is 0 Å². The summed E-state index contributed by atoms with van der Waals surface area (Å²) in [5.74, 6) is 0.686. The van der Waals surface area contributed by atoms with Crippen molar-refractivity contribution in [2.75, 3.05) is 26.7 Å². The van der Waals surface area contributed by atoms with Gasteiger partial charge in [-0.1, -0.05) is 0 Å². The summed E-state index contributed by atoms with van der Waals surface area (Å²) < 4.78 is 37.6. The average molecular weight is 505 g/mol. The summed E-state index contributed by atoms with van der Waals surface area (Å²) >= 11 is 1.04. The first-order valence-electron chi connectivity index (χ1n) is 8.57. The molecule has 0 amide bonds. The summed E-state index contributed by atoms with van der Waals surface area (Å²) in [7, 11) is 2.12. The van der Waals surface area contributed by atoms with Gasteiger partial charge in [-0.3, -0.25) is 9.89 Å². The van der Waals surface area contributed by atoms with E-state index in [4.69, 9.17) is 0 Å². The van der Waals surface area contributed by atoms with Gasteiger partial charge in [-0.15, -0.1) is 35.3 Å². The molecule has 1 unspecified atom stereocenters. The van der Waals surface area contributed by atoms with E-state index in [2.05, 4.69) is 39.5 Å². The number of rotatable bonds is 8. The molecule has 0 radical (unpaired) electrons. The smallest absolute Gasteiger partial charge is 0.357 e. The second-order valence-corrected chi connectivity index (χ2v) is 7.21. The Morgan fingerprint density at radius 2 is 2.12 bits per heavy atom. The number of alkyl halides is 3. The molecule has 0 saturated heterocycles. The van der Waals surface area contributed by atoms with Crippen molar-refractivity contribution < 1.29 is 13.2 Å². The van der Waals surface area contributed by atoms with Crippen LogP contribution in [0.5, 0.6) is 0 Å². The summed E-state index contributed by atoms with van der Waals surface area (Å²) in [5.41, 5.74) is -0.815. The normalized spacial score (nSPS) is 16.3. The van der Waals surface area contributed by atoms with Gasteiger partial charge in [-0.05, 0) is 33.7 Å². The number of nitrogens with one attached hydrogen (secondary N) is 2. The van der Waals surface area contributed by atoms with Gasteiger partial charge >= 0.3 is 6.18 Å². The van der Waals surface area contributed by atoms with Crippen LogP contribution in [-0.2, 0) is 12.6 Å². The van der Waals surface area contributed by atoms with Crippen LogP contribution in [0.15, 0.2) is 10.4 Å². The van der Waals surface area contributed by atoms with E-state index < -0.39 is 11.9 Å². The molecule has 1 heterocycles. The highest BCUT2D eigenvalue weighted by atomic mass is 127. The first-order chi connectivity index (χ1) is 11.8. The van der Waals surface area contributed by atoms with Crippen molar-refractivity contribution in [1.29, 1.82) is 0 Å². The molecule has 150 valence electrons. The second-order valence-electron chi connectivity index (χ2n) is 6.27. The van der Waals surface area contributed by atoms with Crippen molar-refractivity contribution in [3.8, 4) is 0 Å². The van der Waals surface area contributed by atoms with Crippen LogP contribution in [0, 0.1) is 0 Å². The van der Waals surface area contributed by atoms with Gasteiger partial charge in [0.25, 0.3) is 0 Å². The summed E-state index contributed by atoms with van der Waals surface area (Å²) in [5, 5.41) is 7.85. The lowest BCUT2D eigenvalue weighted by atomic mass is 10.3. The fourth-order valence-electron chi connectivity index (χ4n) is 2.38. The topological polar surface area (TPSA) is 52.6 Å². The average Bonchev–Trinajstić information content (AvgIpc) is 3.28. The van der Waals surface area contributed by atoms with Crippen molar-refractivity contribution in [2.24, 2.45) is 4.99 Å². The molecule has 1 aliphatic rings. The molecular formula is C16H27F3IN5S. The summed E-state index contributed by atoms with van der Waals surface area (Å²) in [6.07, 6.45) is -1.42. The largest absolute Gasteiger partial charge is 0.434 e. The molecule has 1 atom stereocenters. The maximum Gasteiger partial charge on any atom is 0.434 e. The van der Waals surface area contributed by atoms with Crippen molar-refractivity contribution in [3.63, 3.8) is 0 Å². The van der Waals surface area contributed by atoms with Gasteiger partial charge in [-0.25, -0.2) is 4.98 Å². The fraction of sp³-hybridized carbons (Fsp3) is 0.750. The third kappa shape index (κ3) is 7.55. The molecule has 1 aliphatic carbocycles. The molecule has 0 aromatic carbocycles. The van der Waals surface area contributed by atoms with Crippen molar-refractivity contribution >= 4 is 41.3 Å². The minimum atomic E-state index is -4.37. The van der Waals surface area contributed by atoms with Crippen LogP contribution in [0.1, 0.15) is 37.4 Å². The van der Waals surface area contributed by atoms with E-state index in [0.717, 1.165) is 23.3 Å². The summed E-state index contributed by atoms with van der Waals surface area (Å²) in [4.78, 5) is 10.6. The van der Waals surface area contributed by atoms with E-state index in [9.17, 15) is 13.2 Å². The summed E-state index contributed by atoms with van der Waals surface area (Å²) in [6.45, 7) is 6.03. The maximum absolute atomic E-state index is 12.5. The fourth-order valence-corrected chi connectivity index (χ4v) is 3.18. The van der Waals surface area contributed by atoms with E-state index in [1.807, 2.05) is 6.92 Å². The maximum atomic E-state index is 12.5. The van der Waals surface area contributed by atoms with Crippen LogP contribution in [0.25, 0.3) is 0 Å². The van der Waals surface area contributed by atoms with E-state index in [1.54, 1.807) is 0 Å². The minimum Gasteiger partial charge on any atom is -0.357 e. The van der Waals surface area contributed by atoms with Crippen LogP contribution in [0.4, 0.5) is 13.2 Å². The zero-order valence-electron chi connectivity index (χ0n) is 15.3. The number of guanidine groups is 1. The number of hydrogen-bond donors (Lipinski definition) is 2. The van der Waals surface area contributed by atoms with Gasteiger partial charge in [0, 0.05) is 37.0 Å². The highest BCUT2D eigenvalue weighted by molar-refractivity contribution is 14.0. The molecule has 2 rings (SSSR count). The first kappa shape index (κ1) is 23.4. The Morgan fingerprint density at radius 3 is 2.65 bits per heavy atom. The Bertz CT molecular complexity index is 574. The summed E-state index contributed by atoms with van der Waals surface area (Å²) in [6, 6.07) is 1.05. The van der Waals surface area contributed by atoms with Crippen molar-refractivity contribution in [2.45, 2.75) is 51.4 Å². The van der Waals surface area contributed by atoms with Gasteiger partial charge in [0.15, 0.2) is 11.7 Å². The van der Waals surface area contributed by atoms with Crippen LogP contribution >= 0.6 is 35.3 Å². The Labute approximate surface area is 173 Å². The van der Waals surface area contributed by atoms with Gasteiger partial charge in [0.2, 0.25) is 0 Å². The molecule has 1 fully saturated rings. The number of likely N-dealkylation sites (N-methyl/N-ethyl adjacent to an activating group) is 1. The van der Waals surface area contributed by atoms with Gasteiger partial charge < -0.3 is 10.6 Å². The third-order valence-electron chi connectivity index (χ3n) is 4.15. The molecule has 2 N–H and O–H groups in total. The molecule has 5 nitrogen and oxygen atoms in total. The van der Waals surface area contributed by atoms with E-state index in [1.165, 1.54) is 12.8 Å². The van der Waals surface area contributed by atoms with Crippen LogP contribution < -0.4 is 10.6 Å². The standard InChI is InChI=1S/C16H26F3N5S.HI/c1-4-20-15(22-9-11(2)24(3)12-5-6-12)21-8-7-14-23-13(10-25-14)16(17,18)19;/h10-12H,4-9H2,1-3H3,(H2,20,21,22);1H. The minimum absolute atomic E-state index is 0. The lowest BCUT2D eigenvalue weighted by Crippen LogP contribution is -2.40. The Balaban J connectivity index is 0.00000338. The van der Waals surface area contributed by atoms with Gasteiger partial charge in [0.05, 0.1) is 11.6 Å². The number of nitrogens with zero attached hydrogens (tertiary/aromatic N) is 3. The predicted octanol–water partition coefficient (Wildman–Crippen LogP) is 3.36. The van der Waals surface area contributed by atoms with E-state index >= 15 is 0 Å². The second kappa shape index (κ2) is 10.6. The number of hydrogen-bond acceptors (Lipinski definition) is 4. The Hall–Kier alpha value is -0.620. The van der Waals surface area contributed by atoms with Crippen LogP contribution in [0.3, 0.4) is 0 Å². The van der Waals surface area contributed by atoms with Crippen LogP contribution in [-0.4, -0.2) is 54.6 Å². The SMILES string of the molecule is CCNC(=NCC(C)N(C)C1CC1)NCCc1nc(C(F)(F)F)cs1.I. The molecule has 26 heavy (non-hydrogen) atoms. The molecular weight excluding hydrogens is 478 g/mol. The van der Waals surface area contributed by atoms with Gasteiger partial charge in [-0.2, -0.15) is 13.2 Å².